The Morgan fingerprint density at radius 2 is 2.35 bits per heavy atom. The van der Waals surface area contributed by atoms with Crippen molar-refractivity contribution in [2.45, 2.75) is 45.6 Å². The summed E-state index contributed by atoms with van der Waals surface area (Å²) in [5.41, 5.74) is 0.940. The van der Waals surface area contributed by atoms with Crippen LogP contribution in [0.2, 0.25) is 0 Å². The van der Waals surface area contributed by atoms with Crippen LogP contribution in [-0.4, -0.2) is 9.55 Å². The molecule has 0 aliphatic heterocycles. The summed E-state index contributed by atoms with van der Waals surface area (Å²) in [7, 11) is 0. The van der Waals surface area contributed by atoms with E-state index in [-0.39, 0.29) is 5.56 Å². The first-order valence-electron chi connectivity index (χ1n) is 7.35. The molecule has 3 rings (SSSR count). The first-order valence-corrected chi connectivity index (χ1v) is 8.64. The lowest BCUT2D eigenvalue weighted by molar-refractivity contribution is 0.260. The predicted octanol–water partition coefficient (Wildman–Crippen LogP) is 4.34. The highest BCUT2D eigenvalue weighted by molar-refractivity contribution is 7.71. The van der Waals surface area contributed by atoms with Crippen molar-refractivity contribution in [2.24, 2.45) is 11.8 Å². The lowest BCUT2D eigenvalue weighted by atomic mass is 9.81. The number of fused-ring (bicyclic) bond motifs is 1. The second kappa shape index (κ2) is 5.82. The molecule has 2 unspecified atom stereocenters. The molecule has 0 spiro atoms. The fraction of sp³-hybridized carbons (Fsp3) is 0.600. The molecule has 0 bridgehead atoms. The summed E-state index contributed by atoms with van der Waals surface area (Å²) < 4.78 is 3.09. The van der Waals surface area contributed by atoms with Crippen molar-refractivity contribution in [3.8, 4) is 0 Å². The molecule has 1 N–H and O–H groups in total. The van der Waals surface area contributed by atoms with E-state index in [2.05, 4.69) is 11.9 Å². The molecule has 2 atom stereocenters. The molecular weight excluding hydrogens is 288 g/mol. The number of rotatable bonds is 3. The van der Waals surface area contributed by atoms with Crippen LogP contribution in [0.25, 0.3) is 10.2 Å². The molecule has 0 aromatic carbocycles. The molecule has 0 saturated heterocycles. The molecule has 3 nitrogen and oxygen atoms in total. The smallest absolute Gasteiger partial charge is 0.272 e. The van der Waals surface area contributed by atoms with Gasteiger partial charge < -0.3 is 4.98 Å². The Balaban J connectivity index is 1.80. The fourth-order valence-corrected chi connectivity index (χ4v) is 4.39. The SMILES string of the molecule is CC1CCCC(CCn2c(=S)[nH]c3ccsc3c2=O)C1. The van der Waals surface area contributed by atoms with Gasteiger partial charge in [-0.3, -0.25) is 9.36 Å². The summed E-state index contributed by atoms with van der Waals surface area (Å²) in [6.07, 6.45) is 6.36. The van der Waals surface area contributed by atoms with Crippen LogP contribution < -0.4 is 5.56 Å². The molecule has 108 valence electrons. The van der Waals surface area contributed by atoms with E-state index in [4.69, 9.17) is 12.2 Å². The van der Waals surface area contributed by atoms with Crippen LogP contribution >= 0.6 is 23.6 Å². The summed E-state index contributed by atoms with van der Waals surface area (Å²) in [6.45, 7) is 3.09. The van der Waals surface area contributed by atoms with Crippen LogP contribution in [-0.2, 0) is 6.54 Å². The van der Waals surface area contributed by atoms with Gasteiger partial charge in [0.05, 0.1) is 5.52 Å². The van der Waals surface area contributed by atoms with E-state index >= 15 is 0 Å². The van der Waals surface area contributed by atoms with Crippen molar-refractivity contribution in [1.82, 2.24) is 9.55 Å². The van der Waals surface area contributed by atoms with E-state index in [1.165, 1.54) is 37.0 Å². The summed E-state index contributed by atoms with van der Waals surface area (Å²) in [5.74, 6) is 1.58. The first kappa shape index (κ1) is 14.0. The van der Waals surface area contributed by atoms with Crippen molar-refractivity contribution < 1.29 is 0 Å². The van der Waals surface area contributed by atoms with Gasteiger partial charge in [-0.25, -0.2) is 0 Å². The van der Waals surface area contributed by atoms with E-state index in [1.807, 2.05) is 11.4 Å². The normalized spacial score (nSPS) is 23.2. The second-order valence-corrected chi connectivity index (χ2v) is 7.28. The van der Waals surface area contributed by atoms with Gasteiger partial charge >= 0.3 is 0 Å². The number of nitrogens with zero attached hydrogens (tertiary/aromatic N) is 1. The number of aromatic amines is 1. The van der Waals surface area contributed by atoms with Crippen molar-refractivity contribution in [1.29, 1.82) is 0 Å². The minimum absolute atomic E-state index is 0.0719. The predicted molar refractivity (Wildman–Crippen MR) is 87.0 cm³/mol. The van der Waals surface area contributed by atoms with Gasteiger partial charge in [-0.2, -0.15) is 0 Å². The molecule has 2 heterocycles. The van der Waals surface area contributed by atoms with Gasteiger partial charge in [0.25, 0.3) is 5.56 Å². The molecular formula is C15H20N2OS2. The maximum atomic E-state index is 12.4. The van der Waals surface area contributed by atoms with Gasteiger partial charge in [-0.1, -0.05) is 26.2 Å². The molecule has 1 aliphatic carbocycles. The third-order valence-corrected chi connectivity index (χ3v) is 5.62. The topological polar surface area (TPSA) is 37.8 Å². The Bertz CT molecular complexity index is 712. The highest BCUT2D eigenvalue weighted by Crippen LogP contribution is 2.30. The molecule has 0 amide bonds. The number of hydrogen-bond donors (Lipinski definition) is 1. The van der Waals surface area contributed by atoms with Gasteiger partial charge in [-0.15, -0.1) is 11.3 Å². The number of hydrogen-bond acceptors (Lipinski definition) is 3. The van der Waals surface area contributed by atoms with Gasteiger partial charge in [0.15, 0.2) is 4.77 Å². The van der Waals surface area contributed by atoms with Crippen LogP contribution in [0.1, 0.15) is 39.0 Å². The third-order valence-electron chi connectivity index (χ3n) is 4.40. The second-order valence-electron chi connectivity index (χ2n) is 5.98. The van der Waals surface area contributed by atoms with Crippen molar-refractivity contribution >= 4 is 33.8 Å². The largest absolute Gasteiger partial charge is 0.331 e. The number of aromatic nitrogens is 2. The van der Waals surface area contributed by atoms with Crippen LogP contribution in [0.15, 0.2) is 16.2 Å². The standard InChI is InChI=1S/C15H20N2OS2/c1-10-3-2-4-11(9-10)5-7-17-14(18)13-12(6-8-20-13)16-15(17)19/h6,8,10-11H,2-5,7,9H2,1H3,(H,16,19). The maximum absolute atomic E-state index is 12.4. The lowest BCUT2D eigenvalue weighted by Crippen LogP contribution is -2.24. The van der Waals surface area contributed by atoms with Crippen LogP contribution in [0.3, 0.4) is 0 Å². The number of H-pyrrole nitrogens is 1. The van der Waals surface area contributed by atoms with E-state index in [9.17, 15) is 4.79 Å². The molecule has 20 heavy (non-hydrogen) atoms. The van der Waals surface area contributed by atoms with Crippen LogP contribution in [0.5, 0.6) is 0 Å². The molecule has 5 heteroatoms. The number of thiophene rings is 1. The van der Waals surface area contributed by atoms with Gasteiger partial charge in [-0.05, 0) is 48.3 Å². The zero-order valence-corrected chi connectivity index (χ0v) is 13.4. The average Bonchev–Trinajstić information content (AvgIpc) is 2.87. The third kappa shape index (κ3) is 2.74. The maximum Gasteiger partial charge on any atom is 0.272 e. The quantitative estimate of drug-likeness (QED) is 0.857. The Labute approximate surface area is 127 Å². The van der Waals surface area contributed by atoms with Gasteiger partial charge in [0.2, 0.25) is 0 Å². The van der Waals surface area contributed by atoms with Gasteiger partial charge in [0.1, 0.15) is 4.70 Å². The Hall–Kier alpha value is -0.940. The number of nitrogens with one attached hydrogen (secondary N) is 1. The van der Waals surface area contributed by atoms with E-state index < -0.39 is 0 Å². The van der Waals surface area contributed by atoms with E-state index in [0.29, 0.717) is 4.77 Å². The van der Waals surface area contributed by atoms with E-state index in [1.54, 1.807) is 4.57 Å². The van der Waals surface area contributed by atoms with Crippen LogP contribution in [0.4, 0.5) is 0 Å². The Kier molecular flexibility index (Phi) is 4.08. The zero-order chi connectivity index (χ0) is 14.1. The highest BCUT2D eigenvalue weighted by Gasteiger charge is 2.19. The monoisotopic (exact) mass is 308 g/mol. The summed E-state index contributed by atoms with van der Waals surface area (Å²) in [4.78, 5) is 15.6. The Morgan fingerprint density at radius 3 is 3.15 bits per heavy atom. The lowest BCUT2D eigenvalue weighted by Gasteiger charge is -2.26. The first-order chi connectivity index (χ1) is 9.65. The Morgan fingerprint density at radius 1 is 1.50 bits per heavy atom. The molecule has 2 aromatic rings. The summed E-state index contributed by atoms with van der Waals surface area (Å²) in [5, 5.41) is 1.94. The van der Waals surface area contributed by atoms with Gasteiger partial charge in [0, 0.05) is 6.54 Å². The van der Waals surface area contributed by atoms with Crippen LogP contribution in [0, 0.1) is 16.6 Å². The highest BCUT2D eigenvalue weighted by atomic mass is 32.1. The average molecular weight is 308 g/mol. The minimum atomic E-state index is 0.0719. The summed E-state index contributed by atoms with van der Waals surface area (Å²) >= 11 is 6.82. The van der Waals surface area contributed by atoms with Crippen molar-refractivity contribution in [3.05, 3.63) is 26.6 Å². The minimum Gasteiger partial charge on any atom is -0.331 e. The summed E-state index contributed by atoms with van der Waals surface area (Å²) in [6, 6.07) is 1.92. The fourth-order valence-electron chi connectivity index (χ4n) is 3.31. The molecule has 2 aromatic heterocycles. The molecule has 1 aliphatic rings. The molecule has 1 saturated carbocycles. The molecule has 0 radical (unpaired) electrons. The molecule has 1 fully saturated rings. The zero-order valence-electron chi connectivity index (χ0n) is 11.7. The van der Waals surface area contributed by atoms with Crippen molar-refractivity contribution in [3.63, 3.8) is 0 Å². The van der Waals surface area contributed by atoms with Crippen molar-refractivity contribution in [2.75, 3.05) is 0 Å². The van der Waals surface area contributed by atoms with E-state index in [0.717, 1.165) is 35.0 Å².